The van der Waals surface area contributed by atoms with Crippen molar-refractivity contribution in [1.29, 1.82) is 0 Å². The van der Waals surface area contributed by atoms with E-state index in [9.17, 15) is 9.18 Å². The summed E-state index contributed by atoms with van der Waals surface area (Å²) in [5.74, 6) is -0.551. The maximum absolute atomic E-state index is 13.2. The predicted octanol–water partition coefficient (Wildman–Crippen LogP) is 1.91. The van der Waals surface area contributed by atoms with Gasteiger partial charge in [0.15, 0.2) is 5.78 Å². The van der Waals surface area contributed by atoms with Crippen LogP contribution in [0.5, 0.6) is 0 Å². The zero-order valence-electron chi connectivity index (χ0n) is 10.3. The molecule has 1 aliphatic rings. The van der Waals surface area contributed by atoms with Crippen LogP contribution in [0.15, 0.2) is 18.2 Å². The predicted molar refractivity (Wildman–Crippen MR) is 69.7 cm³/mol. The molecule has 0 aromatic heterocycles. The van der Waals surface area contributed by atoms with E-state index in [1.165, 1.54) is 18.2 Å². The number of carbonyl (C=O) groups is 1. The van der Waals surface area contributed by atoms with Gasteiger partial charge in [-0.1, -0.05) is 11.6 Å². The highest BCUT2D eigenvalue weighted by Gasteiger charge is 2.18. The van der Waals surface area contributed by atoms with E-state index in [4.69, 9.17) is 11.6 Å². The second kappa shape index (κ2) is 5.78. The third-order valence-electron chi connectivity index (χ3n) is 3.15. The van der Waals surface area contributed by atoms with E-state index in [-0.39, 0.29) is 10.8 Å². The number of ketones is 1. The normalized spacial score (nSPS) is 17.9. The van der Waals surface area contributed by atoms with Crippen LogP contribution in [0.4, 0.5) is 4.39 Å². The van der Waals surface area contributed by atoms with E-state index >= 15 is 0 Å². The molecular weight excluding hydrogens is 255 g/mol. The fourth-order valence-corrected chi connectivity index (χ4v) is 2.24. The molecule has 5 heteroatoms. The molecule has 0 amide bonds. The van der Waals surface area contributed by atoms with Crippen molar-refractivity contribution in [3.63, 3.8) is 0 Å². The Bertz CT molecular complexity index is 424. The molecule has 1 aromatic rings. The summed E-state index contributed by atoms with van der Waals surface area (Å²) in [4.78, 5) is 16.3. The lowest BCUT2D eigenvalue weighted by Crippen LogP contribution is -2.46. The van der Waals surface area contributed by atoms with Gasteiger partial charge in [0.25, 0.3) is 0 Å². The summed E-state index contributed by atoms with van der Waals surface area (Å²) in [6.07, 6.45) is 0. The fourth-order valence-electron chi connectivity index (χ4n) is 2.02. The standard InChI is InChI=1S/C13H16ClFN2O/c1-16-2-4-17(5-3-16)9-13(18)10-6-11(14)8-12(15)7-10/h6-8H,2-5,9H2,1H3. The number of hydrogen-bond donors (Lipinski definition) is 0. The Morgan fingerprint density at radius 1 is 1.28 bits per heavy atom. The lowest BCUT2D eigenvalue weighted by atomic mass is 10.1. The summed E-state index contributed by atoms with van der Waals surface area (Å²) in [6.45, 7) is 3.97. The summed E-state index contributed by atoms with van der Waals surface area (Å²) < 4.78 is 13.2. The first kappa shape index (κ1) is 13.5. The number of benzene rings is 1. The highest BCUT2D eigenvalue weighted by molar-refractivity contribution is 6.31. The smallest absolute Gasteiger partial charge is 0.176 e. The minimum atomic E-state index is -0.468. The zero-order chi connectivity index (χ0) is 13.1. The molecule has 1 saturated heterocycles. The van der Waals surface area contributed by atoms with E-state index in [2.05, 4.69) is 16.8 Å². The third-order valence-corrected chi connectivity index (χ3v) is 3.37. The van der Waals surface area contributed by atoms with E-state index < -0.39 is 5.82 Å². The van der Waals surface area contributed by atoms with Crippen molar-refractivity contribution in [1.82, 2.24) is 9.80 Å². The number of halogens is 2. The number of hydrogen-bond acceptors (Lipinski definition) is 3. The first-order valence-corrected chi connectivity index (χ1v) is 6.32. The van der Waals surface area contributed by atoms with Crippen LogP contribution in [0, 0.1) is 5.82 Å². The largest absolute Gasteiger partial charge is 0.304 e. The van der Waals surface area contributed by atoms with Crippen LogP contribution >= 0.6 is 11.6 Å². The zero-order valence-corrected chi connectivity index (χ0v) is 11.1. The van der Waals surface area contributed by atoms with Crippen LogP contribution in [0.1, 0.15) is 10.4 Å². The van der Waals surface area contributed by atoms with Crippen molar-refractivity contribution >= 4 is 17.4 Å². The molecule has 1 heterocycles. The second-order valence-corrected chi connectivity index (χ2v) is 5.10. The summed E-state index contributed by atoms with van der Waals surface area (Å²) >= 11 is 5.74. The average Bonchev–Trinajstić information content (AvgIpc) is 2.31. The number of nitrogens with zero attached hydrogens (tertiary/aromatic N) is 2. The Balaban J connectivity index is 1.99. The molecule has 0 unspecified atom stereocenters. The van der Waals surface area contributed by atoms with Gasteiger partial charge in [0, 0.05) is 36.8 Å². The quantitative estimate of drug-likeness (QED) is 0.784. The monoisotopic (exact) mass is 270 g/mol. The minimum Gasteiger partial charge on any atom is -0.304 e. The van der Waals surface area contributed by atoms with Gasteiger partial charge < -0.3 is 4.90 Å². The average molecular weight is 271 g/mol. The Morgan fingerprint density at radius 3 is 2.56 bits per heavy atom. The van der Waals surface area contributed by atoms with Crippen molar-refractivity contribution in [2.24, 2.45) is 0 Å². The summed E-state index contributed by atoms with van der Waals surface area (Å²) in [6, 6.07) is 3.96. The van der Waals surface area contributed by atoms with Gasteiger partial charge in [-0.15, -0.1) is 0 Å². The van der Waals surface area contributed by atoms with E-state index in [0.717, 1.165) is 26.2 Å². The molecule has 0 N–H and O–H groups in total. The van der Waals surface area contributed by atoms with Crippen molar-refractivity contribution in [3.05, 3.63) is 34.6 Å². The molecule has 98 valence electrons. The molecule has 1 fully saturated rings. The SMILES string of the molecule is CN1CCN(CC(=O)c2cc(F)cc(Cl)c2)CC1. The lowest BCUT2D eigenvalue weighted by Gasteiger charge is -2.31. The van der Waals surface area contributed by atoms with E-state index in [0.29, 0.717) is 12.1 Å². The molecule has 18 heavy (non-hydrogen) atoms. The number of Topliss-reactive ketones (excluding diaryl/α,β-unsaturated/α-hetero) is 1. The molecule has 1 aromatic carbocycles. The van der Waals surface area contributed by atoms with Gasteiger partial charge >= 0.3 is 0 Å². The van der Waals surface area contributed by atoms with Crippen molar-refractivity contribution in [3.8, 4) is 0 Å². The van der Waals surface area contributed by atoms with Gasteiger partial charge in [-0.25, -0.2) is 4.39 Å². The number of piperazine rings is 1. The summed E-state index contributed by atoms with van der Waals surface area (Å²) in [5.41, 5.74) is 0.346. The minimum absolute atomic E-state index is 0.0825. The summed E-state index contributed by atoms with van der Waals surface area (Å²) in [7, 11) is 2.06. The van der Waals surface area contributed by atoms with Crippen LogP contribution in [0.2, 0.25) is 5.02 Å². The van der Waals surface area contributed by atoms with Gasteiger partial charge in [-0.05, 0) is 25.2 Å². The van der Waals surface area contributed by atoms with Crippen molar-refractivity contribution in [2.75, 3.05) is 39.8 Å². The van der Waals surface area contributed by atoms with Gasteiger partial charge in [-0.3, -0.25) is 9.69 Å². The van der Waals surface area contributed by atoms with Crippen LogP contribution in [0.25, 0.3) is 0 Å². The Labute approximate surface area is 111 Å². The van der Waals surface area contributed by atoms with Gasteiger partial charge in [0.05, 0.1) is 6.54 Å². The van der Waals surface area contributed by atoms with Crippen LogP contribution in [-0.4, -0.2) is 55.4 Å². The first-order chi connectivity index (χ1) is 8.54. The number of carbonyl (C=O) groups excluding carboxylic acids is 1. The molecule has 2 rings (SSSR count). The Morgan fingerprint density at radius 2 is 1.94 bits per heavy atom. The molecule has 0 bridgehead atoms. The molecule has 0 radical (unpaired) electrons. The van der Waals surface area contributed by atoms with Crippen LogP contribution in [-0.2, 0) is 0 Å². The third kappa shape index (κ3) is 3.51. The fraction of sp³-hybridized carbons (Fsp3) is 0.462. The van der Waals surface area contributed by atoms with E-state index in [1.807, 2.05) is 0 Å². The van der Waals surface area contributed by atoms with Crippen molar-refractivity contribution < 1.29 is 9.18 Å². The topological polar surface area (TPSA) is 23.6 Å². The molecular formula is C13H16ClFN2O. The molecule has 1 aliphatic heterocycles. The Kier molecular flexibility index (Phi) is 4.32. The van der Waals surface area contributed by atoms with Crippen molar-refractivity contribution in [2.45, 2.75) is 0 Å². The highest BCUT2D eigenvalue weighted by atomic mass is 35.5. The molecule has 0 spiro atoms. The molecule has 0 atom stereocenters. The maximum Gasteiger partial charge on any atom is 0.176 e. The molecule has 3 nitrogen and oxygen atoms in total. The lowest BCUT2D eigenvalue weighted by molar-refractivity contribution is 0.0876. The van der Waals surface area contributed by atoms with E-state index in [1.54, 1.807) is 0 Å². The van der Waals surface area contributed by atoms with Gasteiger partial charge in [0.2, 0.25) is 0 Å². The first-order valence-electron chi connectivity index (χ1n) is 5.95. The van der Waals surface area contributed by atoms with Gasteiger partial charge in [-0.2, -0.15) is 0 Å². The highest BCUT2D eigenvalue weighted by Crippen LogP contribution is 2.15. The maximum atomic E-state index is 13.2. The molecule has 0 aliphatic carbocycles. The van der Waals surface area contributed by atoms with Gasteiger partial charge in [0.1, 0.15) is 5.82 Å². The number of likely N-dealkylation sites (N-methyl/N-ethyl adjacent to an activating group) is 1. The second-order valence-electron chi connectivity index (χ2n) is 4.66. The van der Waals surface area contributed by atoms with Crippen LogP contribution in [0.3, 0.4) is 0 Å². The van der Waals surface area contributed by atoms with Crippen LogP contribution < -0.4 is 0 Å². The molecule has 0 saturated carbocycles. The number of rotatable bonds is 3. The summed E-state index contributed by atoms with van der Waals surface area (Å²) in [5, 5.41) is 0.261. The Hall–Kier alpha value is -0.970.